The zero-order valence-electron chi connectivity index (χ0n) is 7.19. The Hall–Kier alpha value is 0. The molecule has 0 spiro atoms. The Morgan fingerprint density at radius 1 is 1.11 bits per heavy atom. The Morgan fingerprint density at radius 3 is 2.22 bits per heavy atom. The fourth-order valence-electron chi connectivity index (χ4n) is 2.62. The normalized spacial score (nSPS) is 59.4. The van der Waals surface area contributed by atoms with E-state index in [1.54, 1.807) is 0 Å². The highest BCUT2D eigenvalue weighted by molar-refractivity contribution is 4.83. The SMILES string of the molecule is [2H]C1(C)CC2CCC(C2)C1. The molecule has 52 valence electrons. The molecule has 0 aromatic carbocycles. The Balaban J connectivity index is 2.09. The maximum Gasteiger partial charge on any atom is 0.0300 e. The molecule has 0 radical (unpaired) electrons. The largest absolute Gasteiger partial charge is 0.0625 e. The zero-order valence-corrected chi connectivity index (χ0v) is 6.19. The van der Waals surface area contributed by atoms with E-state index in [0.29, 0.717) is 0 Å². The van der Waals surface area contributed by atoms with E-state index in [2.05, 4.69) is 6.92 Å². The van der Waals surface area contributed by atoms with Crippen molar-refractivity contribution in [2.75, 3.05) is 0 Å². The van der Waals surface area contributed by atoms with Crippen molar-refractivity contribution in [3.05, 3.63) is 0 Å². The second-order valence-corrected chi connectivity index (χ2v) is 3.91. The quantitative estimate of drug-likeness (QED) is 0.467. The summed E-state index contributed by atoms with van der Waals surface area (Å²) >= 11 is 0. The Bertz CT molecular complexity index is 126. The average molecular weight is 125 g/mol. The molecule has 2 rings (SSSR count). The van der Waals surface area contributed by atoms with Gasteiger partial charge in [0.05, 0.1) is 0 Å². The highest BCUT2D eigenvalue weighted by Gasteiger charge is 2.31. The summed E-state index contributed by atoms with van der Waals surface area (Å²) in [5.74, 6) is 1.77. The predicted molar refractivity (Wildman–Crippen MR) is 39.2 cm³/mol. The second-order valence-electron chi connectivity index (χ2n) is 3.91. The van der Waals surface area contributed by atoms with Crippen LogP contribution in [0.25, 0.3) is 0 Å². The van der Waals surface area contributed by atoms with Crippen LogP contribution >= 0.6 is 0 Å². The third kappa shape index (κ3) is 0.997. The van der Waals surface area contributed by atoms with Crippen molar-refractivity contribution in [1.29, 1.82) is 0 Å². The van der Waals surface area contributed by atoms with E-state index >= 15 is 0 Å². The van der Waals surface area contributed by atoms with Gasteiger partial charge in [-0.05, 0) is 37.0 Å². The van der Waals surface area contributed by atoms with Gasteiger partial charge >= 0.3 is 0 Å². The summed E-state index contributed by atoms with van der Waals surface area (Å²) in [6, 6.07) is 0. The average Bonchev–Trinajstić information content (AvgIpc) is 2.08. The lowest BCUT2D eigenvalue weighted by Gasteiger charge is -2.23. The third-order valence-electron chi connectivity index (χ3n) is 2.92. The molecule has 0 amide bonds. The van der Waals surface area contributed by atoms with Gasteiger partial charge in [-0.2, -0.15) is 0 Å². The van der Waals surface area contributed by atoms with E-state index in [9.17, 15) is 0 Å². The molecule has 2 unspecified atom stereocenters. The lowest BCUT2D eigenvalue weighted by atomic mass is 9.82. The second kappa shape index (κ2) is 2.00. The van der Waals surface area contributed by atoms with Gasteiger partial charge < -0.3 is 0 Å². The van der Waals surface area contributed by atoms with Gasteiger partial charge in [0.1, 0.15) is 0 Å². The maximum atomic E-state index is 7.93. The zero-order chi connectivity index (χ0) is 7.19. The first-order chi connectivity index (χ1) is 4.66. The number of rotatable bonds is 0. The maximum absolute atomic E-state index is 7.93. The van der Waals surface area contributed by atoms with E-state index in [1.165, 1.54) is 32.1 Å². The Kier molecular flexibility index (Phi) is 1.06. The molecule has 9 heavy (non-hydrogen) atoms. The highest BCUT2D eigenvalue weighted by atomic mass is 14.4. The molecule has 0 aromatic rings. The Morgan fingerprint density at radius 2 is 1.67 bits per heavy atom. The highest BCUT2D eigenvalue weighted by Crippen LogP contribution is 2.44. The van der Waals surface area contributed by atoms with Crippen molar-refractivity contribution in [3.8, 4) is 0 Å². The van der Waals surface area contributed by atoms with Crippen molar-refractivity contribution >= 4 is 0 Å². The molecule has 2 saturated carbocycles. The molecular weight excluding hydrogens is 108 g/mol. The minimum Gasteiger partial charge on any atom is -0.0625 e. The van der Waals surface area contributed by atoms with Crippen molar-refractivity contribution in [2.24, 2.45) is 17.7 Å². The van der Waals surface area contributed by atoms with Gasteiger partial charge in [-0.15, -0.1) is 0 Å². The summed E-state index contributed by atoms with van der Waals surface area (Å²) in [5, 5.41) is 0. The van der Waals surface area contributed by atoms with Crippen LogP contribution in [-0.2, 0) is 0 Å². The number of hydrogen-bond acceptors (Lipinski definition) is 0. The smallest absolute Gasteiger partial charge is 0.0300 e. The lowest BCUT2D eigenvalue weighted by Crippen LogP contribution is -2.12. The molecule has 0 heterocycles. The van der Waals surface area contributed by atoms with Crippen LogP contribution < -0.4 is 0 Å². The molecule has 2 aliphatic carbocycles. The molecule has 0 heteroatoms. The van der Waals surface area contributed by atoms with Crippen LogP contribution in [0.3, 0.4) is 0 Å². The first kappa shape index (κ1) is 4.76. The van der Waals surface area contributed by atoms with E-state index in [0.717, 1.165) is 11.8 Å². The summed E-state index contributed by atoms with van der Waals surface area (Å²) < 4.78 is 7.93. The molecule has 2 bridgehead atoms. The molecule has 0 N–H and O–H groups in total. The third-order valence-corrected chi connectivity index (χ3v) is 2.92. The van der Waals surface area contributed by atoms with Gasteiger partial charge in [0.2, 0.25) is 0 Å². The molecule has 2 fully saturated rings. The van der Waals surface area contributed by atoms with E-state index in [-0.39, 0.29) is 5.89 Å². The summed E-state index contributed by atoms with van der Waals surface area (Å²) in [4.78, 5) is 0. The minimum absolute atomic E-state index is 0.0654. The van der Waals surface area contributed by atoms with E-state index < -0.39 is 0 Å². The first-order valence-corrected chi connectivity index (χ1v) is 4.16. The summed E-state index contributed by atoms with van der Waals surface area (Å²) in [5.41, 5.74) is 0. The van der Waals surface area contributed by atoms with Gasteiger partial charge in [-0.1, -0.05) is 19.8 Å². The molecule has 0 nitrogen and oxygen atoms in total. The lowest BCUT2D eigenvalue weighted by molar-refractivity contribution is 0.278. The molecule has 0 aromatic heterocycles. The van der Waals surface area contributed by atoms with Crippen molar-refractivity contribution in [3.63, 3.8) is 0 Å². The van der Waals surface area contributed by atoms with Crippen molar-refractivity contribution < 1.29 is 1.37 Å². The molecule has 0 aliphatic heterocycles. The molecular formula is C9H16. The number of fused-ring (bicyclic) bond motifs is 2. The monoisotopic (exact) mass is 125 g/mol. The summed E-state index contributed by atoms with van der Waals surface area (Å²) in [6.45, 7) is 2.11. The fraction of sp³-hybridized carbons (Fsp3) is 1.00. The van der Waals surface area contributed by atoms with Crippen LogP contribution in [0.1, 0.15) is 40.4 Å². The fourth-order valence-corrected chi connectivity index (χ4v) is 2.62. The summed E-state index contributed by atoms with van der Waals surface area (Å²) in [6.07, 6.45) is 6.61. The minimum atomic E-state index is -0.0654. The number of hydrogen-bond donors (Lipinski definition) is 0. The topological polar surface area (TPSA) is 0 Å². The molecule has 2 aliphatic rings. The summed E-state index contributed by atoms with van der Waals surface area (Å²) in [7, 11) is 0. The van der Waals surface area contributed by atoms with Crippen molar-refractivity contribution in [2.45, 2.75) is 39.0 Å². The molecule has 2 atom stereocenters. The van der Waals surface area contributed by atoms with Crippen molar-refractivity contribution in [1.82, 2.24) is 0 Å². The van der Waals surface area contributed by atoms with Crippen LogP contribution in [0, 0.1) is 17.7 Å². The van der Waals surface area contributed by atoms with Crippen LogP contribution in [0.5, 0.6) is 0 Å². The van der Waals surface area contributed by atoms with E-state index in [4.69, 9.17) is 1.37 Å². The van der Waals surface area contributed by atoms with Gasteiger partial charge in [-0.3, -0.25) is 0 Å². The van der Waals surface area contributed by atoms with Gasteiger partial charge in [0.15, 0.2) is 0 Å². The Labute approximate surface area is 59.1 Å². The molecule has 0 saturated heterocycles. The van der Waals surface area contributed by atoms with Crippen LogP contribution in [0.4, 0.5) is 0 Å². The standard InChI is InChI=1S/C9H16/c1-7-4-8-2-3-9(5-7)6-8/h7-9H,2-6H2,1H3/i7D. The van der Waals surface area contributed by atoms with Crippen LogP contribution in [-0.4, -0.2) is 0 Å². The van der Waals surface area contributed by atoms with Crippen LogP contribution in [0.2, 0.25) is 0 Å². The van der Waals surface area contributed by atoms with E-state index in [1.807, 2.05) is 0 Å². The predicted octanol–water partition coefficient (Wildman–Crippen LogP) is 2.83. The van der Waals surface area contributed by atoms with Gasteiger partial charge in [-0.25, -0.2) is 0 Å². The van der Waals surface area contributed by atoms with Gasteiger partial charge in [0, 0.05) is 1.37 Å². The first-order valence-electron chi connectivity index (χ1n) is 4.66. The van der Waals surface area contributed by atoms with Crippen LogP contribution in [0.15, 0.2) is 0 Å². The van der Waals surface area contributed by atoms with Gasteiger partial charge in [0.25, 0.3) is 0 Å².